The zero-order chi connectivity index (χ0) is 71.7. The Morgan fingerprint density at radius 3 is 0.804 bits per heavy atom. The summed E-state index contributed by atoms with van der Waals surface area (Å²) in [6.45, 7) is 8.36. The Balaban J connectivity index is 0.000000130. The first-order chi connectivity index (χ1) is 51.8. The summed E-state index contributed by atoms with van der Waals surface area (Å²) in [5.41, 5.74) is 14.6. The predicted molar refractivity (Wildman–Crippen MR) is 448 cm³/mol. The molecule has 0 aliphatic carbocycles. The van der Waals surface area contributed by atoms with Crippen molar-refractivity contribution in [1.29, 1.82) is 0 Å². The number of benzene rings is 16. The number of halogens is 1. The van der Waals surface area contributed by atoms with Crippen LogP contribution < -0.4 is 5.46 Å². The van der Waals surface area contributed by atoms with Gasteiger partial charge in [-0.15, -0.1) is 0 Å². The Bertz CT molecular complexity index is 6340. The Morgan fingerprint density at radius 1 is 0.215 bits per heavy atom. The molecular weight excluding hydrogens is 1350 g/mol. The Morgan fingerprint density at radius 2 is 0.439 bits per heavy atom. The van der Waals surface area contributed by atoms with Gasteiger partial charge in [-0.3, -0.25) is 0 Å². The second kappa shape index (κ2) is 29.7. The maximum atomic E-state index is 6.27. The third-order valence-electron chi connectivity index (χ3n) is 20.4. The number of fused-ring (bicyclic) bond motifs is 6. The van der Waals surface area contributed by atoms with Crippen molar-refractivity contribution in [2.24, 2.45) is 0 Å². The number of nitrogens with zero attached hydrogens (tertiary/aromatic N) is 6. The van der Waals surface area contributed by atoms with E-state index in [-0.39, 0.29) is 33.5 Å². The molecule has 1 fully saturated rings. The standard InChI is InChI=1S/C45H29N3.C32H29BO2.C19H12ClN3.P/c1-2-11-32(12-3-1)43-46-44(48-45(47-43)42-24-18-31-10-5-7-14-34(31)28-42)41-16-8-15-35(29-41)36-20-21-40-27-39(23-22-38(40)26-36)37-19-17-30-9-4-6-13-33(30)25-37;1-31(2)32(3,4)35-33(34-31)30-11-7-10-24(21-30)25-14-15-29-20-28(17-16-27(29)19-25)26-13-12-22-8-5-6-9-23(22)18-26;20-19-22-17(14-7-2-1-3-8-14)21-18(23-19)16-11-10-13-6-4-5-9-15(13)12-16;/h1-29H;5-21H,1-4H3;1-12H;/q;;;-3. The average molecular weight is 1420 g/mol. The van der Waals surface area contributed by atoms with E-state index in [2.05, 4.69) is 316 Å². The lowest BCUT2D eigenvalue weighted by atomic mass is 9.78. The van der Waals surface area contributed by atoms with Crippen LogP contribution in [0, 0.1) is 0 Å². The minimum absolute atomic E-state index is 0. The minimum Gasteiger partial charge on any atom is -3.00 e. The number of aromatic nitrogens is 6. The monoisotopic (exact) mass is 1420 g/mol. The van der Waals surface area contributed by atoms with Gasteiger partial charge in [0.15, 0.2) is 29.1 Å². The van der Waals surface area contributed by atoms with E-state index in [4.69, 9.17) is 35.9 Å². The molecule has 16 aromatic carbocycles. The molecule has 8 nitrogen and oxygen atoms in total. The molecule has 0 spiro atoms. The lowest BCUT2D eigenvalue weighted by Crippen LogP contribution is -2.41. The van der Waals surface area contributed by atoms with Crippen LogP contribution in [0.4, 0.5) is 0 Å². The highest BCUT2D eigenvalue weighted by Crippen LogP contribution is 2.39. The fourth-order valence-corrected chi connectivity index (χ4v) is 14.0. The first kappa shape index (κ1) is 69.2. The highest BCUT2D eigenvalue weighted by molar-refractivity contribution is 6.92. The van der Waals surface area contributed by atoms with E-state index in [1.807, 2.05) is 78.9 Å². The van der Waals surface area contributed by atoms with Crippen LogP contribution in [-0.4, -0.2) is 48.2 Å². The second-order valence-electron chi connectivity index (χ2n) is 27.9. The molecule has 514 valence electrons. The summed E-state index contributed by atoms with van der Waals surface area (Å²) in [4.78, 5) is 28.0. The lowest BCUT2D eigenvalue weighted by molar-refractivity contribution is 0.00578. The first-order valence-electron chi connectivity index (χ1n) is 35.7. The van der Waals surface area contributed by atoms with Crippen LogP contribution in [0.15, 0.2) is 352 Å². The molecule has 0 amide bonds. The SMILES string of the molecule is CC1(C)OB(c2cccc(-c3ccc4cc(-c5ccc6ccccc6c5)ccc4c3)c2)OC1(C)C.Clc1nc(-c2ccccc2)nc(-c2ccc3ccccc3c2)n1.[P-3].c1ccc(-c2nc(-c3cccc(-c4ccc5cc(-c6ccc7ccccc7c6)ccc5c4)c3)nc(-c3ccc4ccccc4c3)n2)cc1. The van der Waals surface area contributed by atoms with Crippen LogP contribution in [-0.2, 0) is 9.31 Å². The van der Waals surface area contributed by atoms with E-state index in [1.165, 1.54) is 81.7 Å². The Kier molecular flexibility index (Phi) is 19.2. The first-order valence-corrected chi connectivity index (χ1v) is 36.1. The highest BCUT2D eigenvalue weighted by Gasteiger charge is 2.51. The summed E-state index contributed by atoms with van der Waals surface area (Å²) in [5, 5.41) is 14.8. The van der Waals surface area contributed by atoms with Crippen LogP contribution in [0.2, 0.25) is 5.28 Å². The second-order valence-corrected chi connectivity index (χ2v) is 28.2. The smallest absolute Gasteiger partial charge is 0.494 e. The van der Waals surface area contributed by atoms with Gasteiger partial charge >= 0.3 is 7.12 Å². The summed E-state index contributed by atoms with van der Waals surface area (Å²) in [7, 11) is -0.357. The molecule has 18 aromatic rings. The van der Waals surface area contributed by atoms with Crippen LogP contribution in [0.5, 0.6) is 0 Å². The van der Waals surface area contributed by atoms with Crippen molar-refractivity contribution in [1.82, 2.24) is 29.9 Å². The third kappa shape index (κ3) is 14.8. The quantitative estimate of drug-likeness (QED) is 0.0987. The largest absolute Gasteiger partial charge is 3.00 e. The van der Waals surface area contributed by atoms with Crippen molar-refractivity contribution >= 4 is 98.7 Å². The number of hydrogen-bond acceptors (Lipinski definition) is 8. The van der Waals surface area contributed by atoms with Crippen molar-refractivity contribution < 1.29 is 9.31 Å². The molecule has 0 radical (unpaired) electrons. The Labute approximate surface area is 631 Å². The summed E-state index contributed by atoms with van der Waals surface area (Å²) >= 11 is 6.11. The van der Waals surface area contributed by atoms with Gasteiger partial charge in [0.2, 0.25) is 5.28 Å². The molecule has 1 saturated heterocycles. The van der Waals surface area contributed by atoms with Gasteiger partial charge in [0.25, 0.3) is 0 Å². The average Bonchev–Trinajstić information content (AvgIpc) is 1.68. The normalized spacial score (nSPS) is 12.9. The molecule has 11 heteroatoms. The van der Waals surface area contributed by atoms with E-state index >= 15 is 0 Å². The maximum absolute atomic E-state index is 6.27. The molecule has 2 aromatic heterocycles. The van der Waals surface area contributed by atoms with Gasteiger partial charge in [0.05, 0.1) is 11.2 Å². The van der Waals surface area contributed by atoms with Gasteiger partial charge in [-0.2, -0.15) is 9.97 Å². The summed E-state index contributed by atoms with van der Waals surface area (Å²) in [6.07, 6.45) is 0. The van der Waals surface area contributed by atoms with Crippen molar-refractivity contribution in [2.45, 2.75) is 38.9 Å². The topological polar surface area (TPSA) is 95.8 Å². The van der Waals surface area contributed by atoms with Gasteiger partial charge in [0, 0.05) is 27.8 Å². The van der Waals surface area contributed by atoms with E-state index in [0.29, 0.717) is 29.1 Å². The molecular formula is C96H70BClN6O2P-3. The van der Waals surface area contributed by atoms with E-state index in [1.54, 1.807) is 0 Å². The molecule has 1 aliphatic heterocycles. The molecule has 0 N–H and O–H groups in total. The fourth-order valence-electron chi connectivity index (χ4n) is 13.8. The van der Waals surface area contributed by atoms with Gasteiger partial charge < -0.3 is 19.2 Å². The number of hydrogen-bond donors (Lipinski definition) is 0. The van der Waals surface area contributed by atoms with Crippen molar-refractivity contribution in [3.8, 4) is 101 Å². The fraction of sp³-hybridized carbons (Fsp3) is 0.0625. The zero-order valence-corrected chi connectivity index (χ0v) is 61.0. The van der Waals surface area contributed by atoms with Crippen molar-refractivity contribution in [3.63, 3.8) is 0 Å². The summed E-state index contributed by atoms with van der Waals surface area (Å²) in [5.74, 6) is 3.11. The van der Waals surface area contributed by atoms with Crippen LogP contribution >= 0.6 is 21.5 Å². The van der Waals surface area contributed by atoms with Crippen molar-refractivity contribution in [2.75, 3.05) is 0 Å². The molecule has 0 bridgehead atoms. The molecule has 0 atom stereocenters. The van der Waals surface area contributed by atoms with E-state index in [0.717, 1.165) is 60.7 Å². The third-order valence-corrected chi connectivity index (χ3v) is 20.5. The number of rotatable bonds is 10. The molecule has 0 unspecified atom stereocenters. The van der Waals surface area contributed by atoms with E-state index < -0.39 is 0 Å². The summed E-state index contributed by atoms with van der Waals surface area (Å²) in [6, 6.07) is 123. The maximum Gasteiger partial charge on any atom is 0.494 e. The molecule has 107 heavy (non-hydrogen) atoms. The highest BCUT2D eigenvalue weighted by atomic mass is 35.5. The van der Waals surface area contributed by atoms with Gasteiger partial charge in [0.1, 0.15) is 0 Å². The molecule has 19 rings (SSSR count). The van der Waals surface area contributed by atoms with Crippen LogP contribution in [0.25, 0.3) is 166 Å². The Hall–Kier alpha value is -12.2. The summed E-state index contributed by atoms with van der Waals surface area (Å²) < 4.78 is 12.5. The zero-order valence-electron chi connectivity index (χ0n) is 59.4. The van der Waals surface area contributed by atoms with Crippen LogP contribution in [0.3, 0.4) is 0 Å². The van der Waals surface area contributed by atoms with Gasteiger partial charge in [-0.1, -0.05) is 297 Å². The van der Waals surface area contributed by atoms with Crippen LogP contribution in [0.1, 0.15) is 27.7 Å². The van der Waals surface area contributed by atoms with Gasteiger partial charge in [-0.25, -0.2) is 19.9 Å². The van der Waals surface area contributed by atoms with E-state index in [9.17, 15) is 0 Å². The minimum atomic E-state index is -0.357. The molecule has 1 aliphatic rings. The molecule has 0 saturated carbocycles. The van der Waals surface area contributed by atoms with Gasteiger partial charge in [-0.05, 0) is 208 Å². The predicted octanol–water partition coefficient (Wildman–Crippen LogP) is 25.2. The van der Waals surface area contributed by atoms with Crippen molar-refractivity contribution in [3.05, 3.63) is 357 Å². The molecule has 3 heterocycles. The lowest BCUT2D eigenvalue weighted by Gasteiger charge is -3.00.